The predicted molar refractivity (Wildman–Crippen MR) is 89.7 cm³/mol. The number of rotatable bonds is 4. The third-order valence-electron chi connectivity index (χ3n) is 4.49. The van der Waals surface area contributed by atoms with Crippen LogP contribution in [-0.4, -0.2) is 68.8 Å². The first-order valence-electron chi connectivity index (χ1n) is 8.09. The van der Waals surface area contributed by atoms with E-state index in [1.165, 1.54) is 12.3 Å². The van der Waals surface area contributed by atoms with Gasteiger partial charge in [0.1, 0.15) is 18.3 Å². The monoisotopic (exact) mass is 363 g/mol. The number of ether oxygens (including phenoxy) is 1. The lowest BCUT2D eigenvalue weighted by Crippen LogP contribution is -2.66. The topological polar surface area (TPSA) is 145 Å². The molecule has 1 saturated heterocycles. The number of aryl methyl sites for hydroxylation is 1. The number of amides is 2. The molecular formula is C17H21N3O6. The minimum Gasteiger partial charge on any atom is -0.394 e. The average Bonchev–Trinajstić information content (AvgIpc) is 2.89. The fourth-order valence-corrected chi connectivity index (χ4v) is 3.02. The number of Topliss-reactive ketones (excluding diaryl/α,β-unsaturated/α-hetero) is 1. The van der Waals surface area contributed by atoms with Gasteiger partial charge in [-0.15, -0.1) is 0 Å². The number of ketones is 1. The Labute approximate surface area is 149 Å². The van der Waals surface area contributed by atoms with E-state index in [4.69, 9.17) is 15.6 Å². The van der Waals surface area contributed by atoms with Gasteiger partial charge in [-0.05, 0) is 19.1 Å². The van der Waals surface area contributed by atoms with Crippen LogP contribution in [0.25, 0.3) is 0 Å². The van der Waals surface area contributed by atoms with Crippen molar-refractivity contribution in [3.05, 3.63) is 47.7 Å². The molecule has 0 aliphatic carbocycles. The smallest absolute Gasteiger partial charge is 0.325 e. The number of urea groups is 1. The first-order chi connectivity index (χ1) is 12.3. The molecule has 1 fully saturated rings. The lowest BCUT2D eigenvalue weighted by Gasteiger charge is -2.36. The van der Waals surface area contributed by atoms with Crippen LogP contribution < -0.4 is 11.1 Å². The lowest BCUT2D eigenvalue weighted by atomic mass is 9.96. The van der Waals surface area contributed by atoms with E-state index < -0.39 is 48.6 Å². The number of nitrogens with zero attached hydrogens (tertiary/aromatic N) is 1. The Hall–Kier alpha value is -2.30. The highest BCUT2D eigenvalue weighted by atomic mass is 16.6. The predicted octanol–water partition coefficient (Wildman–Crippen LogP) is -1.19. The zero-order valence-corrected chi connectivity index (χ0v) is 14.1. The summed E-state index contributed by atoms with van der Waals surface area (Å²) in [6.45, 7) is 1.32. The molecule has 26 heavy (non-hydrogen) atoms. The van der Waals surface area contributed by atoms with E-state index in [0.717, 1.165) is 10.5 Å². The highest BCUT2D eigenvalue weighted by molar-refractivity contribution is 6.06. The van der Waals surface area contributed by atoms with Crippen molar-refractivity contribution < 1.29 is 29.6 Å². The second-order valence-electron chi connectivity index (χ2n) is 6.45. The molecule has 2 aliphatic heterocycles. The summed E-state index contributed by atoms with van der Waals surface area (Å²) in [5.74, 6) is -0.494. The summed E-state index contributed by atoms with van der Waals surface area (Å²) in [4.78, 5) is 26.1. The Morgan fingerprint density at radius 1 is 1.38 bits per heavy atom. The van der Waals surface area contributed by atoms with E-state index >= 15 is 0 Å². The van der Waals surface area contributed by atoms with Crippen LogP contribution in [0.3, 0.4) is 0 Å². The van der Waals surface area contributed by atoms with E-state index in [1.807, 2.05) is 13.0 Å². The van der Waals surface area contributed by atoms with Gasteiger partial charge in [0.2, 0.25) is 5.78 Å². The number of hydrogen-bond acceptors (Lipinski definition) is 7. The SMILES string of the molecule is Cc1cccc(C(=O)C2(N)C=CN([C@@H]3O[C@H](CO)[C@@H](O)[C@H]3O)C(=O)N2)c1. The highest BCUT2D eigenvalue weighted by Gasteiger charge is 2.48. The third-order valence-corrected chi connectivity index (χ3v) is 4.49. The average molecular weight is 363 g/mol. The van der Waals surface area contributed by atoms with E-state index in [0.29, 0.717) is 5.56 Å². The molecule has 140 valence electrons. The van der Waals surface area contributed by atoms with Gasteiger partial charge in [0.25, 0.3) is 0 Å². The number of carbonyl (C=O) groups excluding carboxylic acids is 2. The summed E-state index contributed by atoms with van der Waals surface area (Å²) in [6.07, 6.45) is -2.47. The van der Waals surface area contributed by atoms with Crippen LogP contribution >= 0.6 is 0 Å². The number of aliphatic hydroxyl groups is 3. The van der Waals surface area contributed by atoms with Gasteiger partial charge >= 0.3 is 6.03 Å². The fraction of sp³-hybridized carbons (Fsp3) is 0.412. The Balaban J connectivity index is 1.82. The Morgan fingerprint density at radius 2 is 2.12 bits per heavy atom. The standard InChI is InChI=1S/C17H21N3O6/c1-9-3-2-4-10(7-9)14(24)17(18)5-6-20(16(25)19-17)15-13(23)12(22)11(8-21)26-15/h2-7,11-13,15,21-23H,8,18H2,1H3,(H,19,25)/t11-,12-,13-,15-,17?/m1/s1. The molecule has 0 radical (unpaired) electrons. The summed E-state index contributed by atoms with van der Waals surface area (Å²) in [5.41, 5.74) is 5.53. The van der Waals surface area contributed by atoms with Crippen LogP contribution in [-0.2, 0) is 4.74 Å². The molecule has 1 unspecified atom stereocenters. The largest absolute Gasteiger partial charge is 0.394 e. The van der Waals surface area contributed by atoms with Crippen LogP contribution in [0.1, 0.15) is 15.9 Å². The van der Waals surface area contributed by atoms with Gasteiger partial charge < -0.3 is 25.4 Å². The second-order valence-corrected chi connectivity index (χ2v) is 6.45. The molecule has 9 heteroatoms. The first kappa shape index (κ1) is 18.5. The van der Waals surface area contributed by atoms with Gasteiger partial charge in [-0.1, -0.05) is 23.8 Å². The van der Waals surface area contributed by atoms with Gasteiger partial charge in [-0.25, -0.2) is 4.79 Å². The number of hydrogen-bond donors (Lipinski definition) is 5. The molecule has 6 N–H and O–H groups in total. The zero-order valence-electron chi connectivity index (χ0n) is 14.1. The maximum Gasteiger partial charge on any atom is 0.325 e. The van der Waals surface area contributed by atoms with Crippen LogP contribution in [0.15, 0.2) is 36.5 Å². The molecule has 0 spiro atoms. The third kappa shape index (κ3) is 3.11. The Kier molecular flexibility index (Phi) is 4.82. The molecule has 0 bridgehead atoms. The molecule has 3 rings (SSSR count). The number of nitrogens with two attached hydrogens (primary N) is 1. The number of carbonyl (C=O) groups is 2. The molecule has 1 aromatic carbocycles. The van der Waals surface area contributed by atoms with E-state index in [1.54, 1.807) is 18.2 Å². The molecule has 9 nitrogen and oxygen atoms in total. The molecule has 2 heterocycles. The molecule has 0 aromatic heterocycles. The van der Waals surface area contributed by atoms with Crippen molar-refractivity contribution >= 4 is 11.8 Å². The van der Waals surface area contributed by atoms with Crippen molar-refractivity contribution in [2.45, 2.75) is 37.1 Å². The maximum atomic E-state index is 12.7. The van der Waals surface area contributed by atoms with Crippen molar-refractivity contribution in [2.75, 3.05) is 6.61 Å². The number of benzene rings is 1. The Morgan fingerprint density at radius 3 is 2.69 bits per heavy atom. The number of nitrogens with one attached hydrogen (secondary N) is 1. The van der Waals surface area contributed by atoms with Gasteiger partial charge in [0.15, 0.2) is 11.9 Å². The summed E-state index contributed by atoms with van der Waals surface area (Å²) >= 11 is 0. The first-order valence-corrected chi connectivity index (χ1v) is 8.09. The van der Waals surface area contributed by atoms with Gasteiger partial charge in [-0.2, -0.15) is 0 Å². The second kappa shape index (κ2) is 6.78. The quantitative estimate of drug-likeness (QED) is 0.423. The van der Waals surface area contributed by atoms with Crippen molar-refractivity contribution in [3.8, 4) is 0 Å². The molecule has 2 aliphatic rings. The van der Waals surface area contributed by atoms with Crippen LogP contribution in [0, 0.1) is 6.92 Å². The minimum absolute atomic E-state index is 0.346. The van der Waals surface area contributed by atoms with Gasteiger partial charge in [0.05, 0.1) is 6.61 Å². The van der Waals surface area contributed by atoms with Crippen LogP contribution in [0.4, 0.5) is 4.79 Å². The molecule has 0 saturated carbocycles. The number of aliphatic hydroxyl groups excluding tert-OH is 3. The molecule has 5 atom stereocenters. The summed E-state index contributed by atoms with van der Waals surface area (Å²) < 4.78 is 5.31. The summed E-state index contributed by atoms with van der Waals surface area (Å²) in [6, 6.07) is 6.04. The van der Waals surface area contributed by atoms with Crippen molar-refractivity contribution in [3.63, 3.8) is 0 Å². The summed E-state index contributed by atoms with van der Waals surface area (Å²) in [5, 5.41) is 31.4. The van der Waals surface area contributed by atoms with Gasteiger partial charge in [-0.3, -0.25) is 15.4 Å². The molecule has 2 amide bonds. The van der Waals surface area contributed by atoms with Crippen molar-refractivity contribution in [1.82, 2.24) is 10.2 Å². The summed E-state index contributed by atoms with van der Waals surface area (Å²) in [7, 11) is 0. The van der Waals surface area contributed by atoms with E-state index in [2.05, 4.69) is 5.32 Å². The molecular weight excluding hydrogens is 342 g/mol. The van der Waals surface area contributed by atoms with Crippen LogP contribution in [0.2, 0.25) is 0 Å². The molecule has 1 aromatic rings. The maximum absolute atomic E-state index is 12.7. The lowest BCUT2D eigenvalue weighted by molar-refractivity contribution is -0.0666. The van der Waals surface area contributed by atoms with Crippen LogP contribution in [0.5, 0.6) is 0 Å². The normalized spacial score (nSPS) is 34.0. The highest BCUT2D eigenvalue weighted by Crippen LogP contribution is 2.26. The van der Waals surface area contributed by atoms with Crippen molar-refractivity contribution in [2.24, 2.45) is 5.73 Å². The van der Waals surface area contributed by atoms with E-state index in [9.17, 15) is 19.8 Å². The van der Waals surface area contributed by atoms with Gasteiger partial charge in [0, 0.05) is 11.8 Å². The fourth-order valence-electron chi connectivity index (χ4n) is 3.02. The Bertz CT molecular complexity index is 754. The van der Waals surface area contributed by atoms with E-state index in [-0.39, 0.29) is 0 Å². The van der Waals surface area contributed by atoms with Crippen molar-refractivity contribution in [1.29, 1.82) is 0 Å². The minimum atomic E-state index is -1.75. The zero-order chi connectivity index (χ0) is 19.1.